The molecule has 0 bridgehead atoms. The quantitative estimate of drug-likeness (QED) is 0.691. The maximum Gasteiger partial charge on any atom is 0.333 e. The fraction of sp³-hybridized carbons (Fsp3) is 0.524. The zero-order chi connectivity index (χ0) is 21.6. The highest BCUT2D eigenvalue weighted by Gasteiger charge is 2.53. The highest BCUT2D eigenvalue weighted by atomic mass is 19.1. The summed E-state index contributed by atoms with van der Waals surface area (Å²) in [6.07, 6.45) is 0. The van der Waals surface area contributed by atoms with Crippen LogP contribution in [-0.4, -0.2) is 102 Å². The maximum absolute atomic E-state index is 13.2. The number of hydrogen-bond acceptors (Lipinski definition) is 5. The molecule has 3 heterocycles. The van der Waals surface area contributed by atoms with Crippen molar-refractivity contribution in [3.05, 3.63) is 30.1 Å². The second-order valence-electron chi connectivity index (χ2n) is 8.27. The molecule has 2 fully saturated rings. The average Bonchev–Trinajstić information content (AvgIpc) is 3.11. The van der Waals surface area contributed by atoms with Gasteiger partial charge in [0, 0.05) is 46.0 Å². The number of urea groups is 1. The van der Waals surface area contributed by atoms with Gasteiger partial charge in [-0.1, -0.05) is 0 Å². The summed E-state index contributed by atoms with van der Waals surface area (Å²) in [6, 6.07) is 5.76. The standard InChI is InChI=1S/C21H28FN6O2/c1-14(2)28-17(23-19-18(28)20(29)25(4)21(30)24(19)3)13-26-9-11-27(12-10-26)16-7-5-15(22)6-8-16/h5-8,14,18H,9-13H2,1-4H3/q+1. The number of halogens is 1. The van der Waals surface area contributed by atoms with Gasteiger partial charge in [-0.15, -0.1) is 0 Å². The molecule has 2 saturated heterocycles. The van der Waals surface area contributed by atoms with Gasteiger partial charge in [0.1, 0.15) is 12.4 Å². The van der Waals surface area contributed by atoms with E-state index in [1.807, 2.05) is 30.6 Å². The van der Waals surface area contributed by atoms with Crippen LogP contribution in [0.1, 0.15) is 13.8 Å². The molecule has 0 spiro atoms. The number of aliphatic imine (C=N–C) groups is 1. The minimum Gasteiger partial charge on any atom is -0.369 e. The fourth-order valence-corrected chi connectivity index (χ4v) is 4.34. The number of hydrogen-bond donors (Lipinski definition) is 0. The highest BCUT2D eigenvalue weighted by molar-refractivity contribution is 6.23. The molecule has 1 unspecified atom stereocenters. The van der Waals surface area contributed by atoms with Crippen molar-refractivity contribution in [2.75, 3.05) is 51.7 Å². The number of carbonyl (C=O) groups excluding carboxylic acids is 2. The van der Waals surface area contributed by atoms with Crippen molar-refractivity contribution in [1.29, 1.82) is 0 Å². The van der Waals surface area contributed by atoms with Crippen molar-refractivity contribution in [2.24, 2.45) is 4.99 Å². The third-order valence-corrected chi connectivity index (χ3v) is 6.03. The van der Waals surface area contributed by atoms with E-state index in [1.54, 1.807) is 7.05 Å². The summed E-state index contributed by atoms with van der Waals surface area (Å²) in [4.78, 5) is 37.1. The molecule has 0 aliphatic carbocycles. The molecular formula is C21H28FN6O2+. The Labute approximate surface area is 175 Å². The number of amidine groups is 2. The molecule has 4 rings (SSSR count). The molecular weight excluding hydrogens is 387 g/mol. The first-order chi connectivity index (χ1) is 14.3. The minimum absolute atomic E-state index is 0.0747. The molecule has 3 aliphatic rings. The van der Waals surface area contributed by atoms with E-state index in [2.05, 4.69) is 9.80 Å². The van der Waals surface area contributed by atoms with Gasteiger partial charge < -0.3 is 4.90 Å². The Kier molecular flexibility index (Phi) is 5.31. The third-order valence-electron chi connectivity index (χ3n) is 6.03. The van der Waals surface area contributed by atoms with Crippen LogP contribution in [0.4, 0.5) is 14.9 Å². The predicted molar refractivity (Wildman–Crippen MR) is 113 cm³/mol. The molecule has 1 aromatic rings. The van der Waals surface area contributed by atoms with Crippen LogP contribution in [0.25, 0.3) is 0 Å². The van der Waals surface area contributed by atoms with Crippen LogP contribution >= 0.6 is 0 Å². The number of likely N-dealkylation sites (N-methyl/N-ethyl adjacent to an activating group) is 2. The first-order valence-corrected chi connectivity index (χ1v) is 10.3. The Morgan fingerprint density at radius 1 is 1.07 bits per heavy atom. The van der Waals surface area contributed by atoms with Gasteiger partial charge in [-0.25, -0.2) is 13.8 Å². The van der Waals surface area contributed by atoms with Crippen LogP contribution in [0.5, 0.6) is 0 Å². The summed E-state index contributed by atoms with van der Waals surface area (Å²) in [5.74, 6) is 0.870. The second kappa shape index (κ2) is 7.79. The molecule has 8 nitrogen and oxygen atoms in total. The molecule has 160 valence electrons. The Bertz CT molecular complexity index is 918. The Morgan fingerprint density at radius 3 is 2.30 bits per heavy atom. The molecule has 3 aliphatic heterocycles. The van der Waals surface area contributed by atoms with Gasteiger partial charge in [0.2, 0.25) is 0 Å². The number of nitrogens with zero attached hydrogens (tertiary/aromatic N) is 6. The highest BCUT2D eigenvalue weighted by Crippen LogP contribution is 2.22. The molecule has 9 heteroatoms. The first-order valence-electron chi connectivity index (χ1n) is 10.3. The van der Waals surface area contributed by atoms with Crippen molar-refractivity contribution in [3.8, 4) is 0 Å². The lowest BCUT2D eigenvalue weighted by molar-refractivity contribution is -0.566. The summed E-state index contributed by atoms with van der Waals surface area (Å²) in [7, 11) is 3.18. The van der Waals surface area contributed by atoms with Gasteiger partial charge in [-0.05, 0) is 43.1 Å². The number of anilines is 1. The van der Waals surface area contributed by atoms with Crippen LogP contribution in [0.2, 0.25) is 0 Å². The zero-order valence-electron chi connectivity index (χ0n) is 17.9. The molecule has 1 aromatic carbocycles. The number of fused-ring (bicyclic) bond motifs is 1. The fourth-order valence-electron chi connectivity index (χ4n) is 4.34. The van der Waals surface area contributed by atoms with Gasteiger partial charge >= 0.3 is 11.9 Å². The van der Waals surface area contributed by atoms with E-state index in [0.29, 0.717) is 12.4 Å². The molecule has 3 amide bonds. The lowest BCUT2D eigenvalue weighted by atomic mass is 10.1. The molecule has 0 saturated carbocycles. The zero-order valence-corrected chi connectivity index (χ0v) is 17.9. The van der Waals surface area contributed by atoms with E-state index in [-0.39, 0.29) is 23.8 Å². The molecule has 0 aromatic heterocycles. The maximum atomic E-state index is 13.2. The lowest BCUT2D eigenvalue weighted by Crippen LogP contribution is -2.62. The van der Waals surface area contributed by atoms with Crippen LogP contribution in [-0.2, 0) is 4.79 Å². The van der Waals surface area contributed by atoms with Crippen molar-refractivity contribution in [1.82, 2.24) is 14.7 Å². The van der Waals surface area contributed by atoms with Gasteiger partial charge in [0.25, 0.3) is 17.8 Å². The smallest absolute Gasteiger partial charge is 0.333 e. The van der Waals surface area contributed by atoms with Crippen LogP contribution in [0.3, 0.4) is 0 Å². The summed E-state index contributed by atoms with van der Waals surface area (Å²) >= 11 is 0. The Hall–Kier alpha value is -2.81. The van der Waals surface area contributed by atoms with E-state index in [9.17, 15) is 14.0 Å². The number of carbonyl (C=O) groups is 2. The van der Waals surface area contributed by atoms with E-state index < -0.39 is 6.04 Å². The van der Waals surface area contributed by atoms with E-state index in [1.165, 1.54) is 29.0 Å². The van der Waals surface area contributed by atoms with Crippen molar-refractivity contribution >= 4 is 29.3 Å². The summed E-state index contributed by atoms with van der Waals surface area (Å²) in [6.45, 7) is 8.04. The van der Waals surface area contributed by atoms with Crippen LogP contribution < -0.4 is 4.90 Å². The van der Waals surface area contributed by atoms with Crippen molar-refractivity contribution in [2.45, 2.75) is 25.9 Å². The number of rotatable bonds is 4. The second-order valence-corrected chi connectivity index (χ2v) is 8.27. The number of imide groups is 1. The Balaban J connectivity index is 1.50. The summed E-state index contributed by atoms with van der Waals surface area (Å²) < 4.78 is 15.2. The largest absolute Gasteiger partial charge is 0.369 e. The molecule has 0 radical (unpaired) electrons. The van der Waals surface area contributed by atoms with E-state index >= 15 is 0 Å². The molecule has 1 atom stereocenters. The van der Waals surface area contributed by atoms with Crippen LogP contribution in [0.15, 0.2) is 29.3 Å². The minimum atomic E-state index is -0.548. The topological polar surface area (TPSA) is 62.5 Å². The van der Waals surface area contributed by atoms with Gasteiger partial charge in [0.05, 0.1) is 6.04 Å². The Morgan fingerprint density at radius 2 is 1.70 bits per heavy atom. The van der Waals surface area contributed by atoms with Crippen molar-refractivity contribution < 1.29 is 18.6 Å². The average molecular weight is 415 g/mol. The molecule has 30 heavy (non-hydrogen) atoms. The number of amides is 3. The predicted octanol–water partition coefficient (Wildman–Crippen LogP) is 1.07. The lowest BCUT2D eigenvalue weighted by Gasteiger charge is -2.35. The monoisotopic (exact) mass is 415 g/mol. The van der Waals surface area contributed by atoms with Gasteiger partial charge in [-0.2, -0.15) is 0 Å². The van der Waals surface area contributed by atoms with Crippen molar-refractivity contribution in [3.63, 3.8) is 0 Å². The molecule has 0 N–H and O–H groups in total. The van der Waals surface area contributed by atoms with Gasteiger partial charge in [-0.3, -0.25) is 19.5 Å². The first kappa shape index (κ1) is 20.5. The van der Waals surface area contributed by atoms with Crippen LogP contribution in [0, 0.1) is 5.82 Å². The normalized spacial score (nSPS) is 22.9. The summed E-state index contributed by atoms with van der Waals surface area (Å²) in [5, 5.41) is 0. The van der Waals surface area contributed by atoms with E-state index in [0.717, 1.165) is 37.7 Å². The SMILES string of the molecule is CC(C)[N+]1=C(CN2CCN(c3ccc(F)cc3)CC2)N=C2C1C(=O)N(C)C(=O)N2C. The number of piperazine rings is 1. The third kappa shape index (κ3) is 3.47. The number of benzene rings is 1. The van der Waals surface area contributed by atoms with E-state index in [4.69, 9.17) is 4.99 Å². The summed E-state index contributed by atoms with van der Waals surface area (Å²) in [5.41, 5.74) is 1.02. The van der Waals surface area contributed by atoms with Gasteiger partial charge in [0.15, 0.2) is 0 Å².